The Labute approximate surface area is 104 Å². The van der Waals surface area contributed by atoms with Gasteiger partial charge in [-0.2, -0.15) is 0 Å². The van der Waals surface area contributed by atoms with E-state index < -0.39 is 0 Å². The summed E-state index contributed by atoms with van der Waals surface area (Å²) in [5.41, 5.74) is 0. The topological polar surface area (TPSA) is 52.6 Å². The largest absolute Gasteiger partial charge is 0.393 e. The molecule has 0 aromatic rings. The summed E-state index contributed by atoms with van der Waals surface area (Å²) in [7, 11) is 1.97. The SMILES string of the molecule is CCCC(C)NC(=O)CN(C)CC1CC(O)C1. The number of rotatable bonds is 7. The molecule has 0 aliphatic heterocycles. The van der Waals surface area contributed by atoms with E-state index in [-0.39, 0.29) is 18.1 Å². The number of nitrogens with zero attached hydrogens (tertiary/aromatic N) is 1. The summed E-state index contributed by atoms with van der Waals surface area (Å²) in [5, 5.41) is 12.2. The highest BCUT2D eigenvalue weighted by Gasteiger charge is 2.28. The maximum atomic E-state index is 11.7. The van der Waals surface area contributed by atoms with E-state index >= 15 is 0 Å². The molecule has 1 atom stereocenters. The van der Waals surface area contributed by atoms with Crippen LogP contribution in [0.3, 0.4) is 0 Å². The molecular weight excluding hydrogens is 216 g/mol. The van der Waals surface area contributed by atoms with Gasteiger partial charge in [-0.1, -0.05) is 13.3 Å². The number of aliphatic hydroxyl groups excluding tert-OH is 1. The monoisotopic (exact) mass is 242 g/mol. The molecule has 0 bridgehead atoms. The summed E-state index contributed by atoms with van der Waals surface area (Å²) >= 11 is 0. The average molecular weight is 242 g/mol. The molecule has 0 spiro atoms. The second-order valence-electron chi connectivity index (χ2n) is 5.45. The van der Waals surface area contributed by atoms with Crippen molar-refractivity contribution in [3.05, 3.63) is 0 Å². The molecule has 17 heavy (non-hydrogen) atoms. The number of hydrogen-bond acceptors (Lipinski definition) is 3. The Morgan fingerprint density at radius 3 is 2.71 bits per heavy atom. The van der Waals surface area contributed by atoms with Gasteiger partial charge in [0.05, 0.1) is 12.6 Å². The molecular formula is C13H26N2O2. The Kier molecular flexibility index (Phi) is 5.92. The minimum atomic E-state index is -0.105. The van der Waals surface area contributed by atoms with Crippen LogP contribution in [0, 0.1) is 5.92 Å². The van der Waals surface area contributed by atoms with Crippen molar-refractivity contribution in [3.8, 4) is 0 Å². The number of likely N-dealkylation sites (N-methyl/N-ethyl adjacent to an activating group) is 1. The molecule has 1 aliphatic rings. The summed E-state index contributed by atoms with van der Waals surface area (Å²) in [4.78, 5) is 13.7. The van der Waals surface area contributed by atoms with Crippen molar-refractivity contribution in [1.29, 1.82) is 0 Å². The first-order chi connectivity index (χ1) is 8.01. The summed E-state index contributed by atoms with van der Waals surface area (Å²) in [6, 6.07) is 0.270. The first kappa shape index (κ1) is 14.5. The number of amides is 1. The van der Waals surface area contributed by atoms with Crippen LogP contribution in [0.5, 0.6) is 0 Å². The van der Waals surface area contributed by atoms with Gasteiger partial charge in [0.1, 0.15) is 0 Å². The summed E-state index contributed by atoms with van der Waals surface area (Å²) in [6.45, 7) is 5.54. The second-order valence-corrected chi connectivity index (χ2v) is 5.45. The molecule has 0 heterocycles. The fourth-order valence-electron chi connectivity index (χ4n) is 2.43. The normalized spacial score (nSPS) is 25.5. The predicted molar refractivity (Wildman–Crippen MR) is 68.7 cm³/mol. The molecule has 1 saturated carbocycles. The standard InChI is InChI=1S/C13H26N2O2/c1-4-5-10(2)14-13(17)9-15(3)8-11-6-12(16)7-11/h10-12,16H,4-9H2,1-3H3,(H,14,17). The molecule has 1 unspecified atom stereocenters. The molecule has 1 rings (SSSR count). The Hall–Kier alpha value is -0.610. The third-order valence-corrected chi connectivity index (χ3v) is 3.32. The van der Waals surface area contributed by atoms with Crippen LogP contribution < -0.4 is 5.32 Å². The van der Waals surface area contributed by atoms with Crippen molar-refractivity contribution in [2.45, 2.75) is 51.7 Å². The second kappa shape index (κ2) is 6.97. The van der Waals surface area contributed by atoms with E-state index in [1.807, 2.05) is 18.9 Å². The van der Waals surface area contributed by atoms with Crippen molar-refractivity contribution in [2.75, 3.05) is 20.1 Å². The molecule has 1 fully saturated rings. The van der Waals surface area contributed by atoms with Gasteiger partial charge < -0.3 is 10.4 Å². The van der Waals surface area contributed by atoms with Gasteiger partial charge in [-0.25, -0.2) is 0 Å². The lowest BCUT2D eigenvalue weighted by molar-refractivity contribution is -0.122. The van der Waals surface area contributed by atoms with E-state index in [0.29, 0.717) is 12.5 Å². The van der Waals surface area contributed by atoms with E-state index in [1.165, 1.54) is 0 Å². The molecule has 0 aromatic carbocycles. The highest BCUT2D eigenvalue weighted by molar-refractivity contribution is 5.78. The smallest absolute Gasteiger partial charge is 0.234 e. The van der Waals surface area contributed by atoms with Crippen molar-refractivity contribution in [2.24, 2.45) is 5.92 Å². The van der Waals surface area contributed by atoms with Gasteiger partial charge in [-0.15, -0.1) is 0 Å². The van der Waals surface area contributed by atoms with Crippen molar-refractivity contribution >= 4 is 5.91 Å². The maximum Gasteiger partial charge on any atom is 0.234 e. The average Bonchev–Trinajstić information content (AvgIpc) is 2.14. The third-order valence-electron chi connectivity index (χ3n) is 3.32. The number of hydrogen-bond donors (Lipinski definition) is 2. The van der Waals surface area contributed by atoms with Crippen LogP contribution >= 0.6 is 0 Å². The van der Waals surface area contributed by atoms with Gasteiger partial charge in [0.25, 0.3) is 0 Å². The molecule has 0 saturated heterocycles. The minimum Gasteiger partial charge on any atom is -0.393 e. The van der Waals surface area contributed by atoms with Gasteiger partial charge in [0.2, 0.25) is 5.91 Å². The lowest BCUT2D eigenvalue weighted by atomic mass is 9.82. The fraction of sp³-hybridized carbons (Fsp3) is 0.923. The van der Waals surface area contributed by atoms with E-state index in [1.54, 1.807) is 0 Å². The van der Waals surface area contributed by atoms with Crippen LogP contribution in [-0.4, -0.2) is 48.2 Å². The molecule has 100 valence electrons. The van der Waals surface area contributed by atoms with E-state index in [4.69, 9.17) is 0 Å². The van der Waals surface area contributed by atoms with Crippen LogP contribution in [0.25, 0.3) is 0 Å². The molecule has 1 amide bonds. The minimum absolute atomic E-state index is 0.105. The van der Waals surface area contributed by atoms with Crippen LogP contribution in [-0.2, 0) is 4.79 Å². The molecule has 4 heteroatoms. The molecule has 1 aliphatic carbocycles. The van der Waals surface area contributed by atoms with Crippen LogP contribution in [0.4, 0.5) is 0 Å². The number of aliphatic hydroxyl groups is 1. The lowest BCUT2D eigenvalue weighted by Crippen LogP contribution is -2.43. The fourth-order valence-corrected chi connectivity index (χ4v) is 2.43. The van der Waals surface area contributed by atoms with Crippen molar-refractivity contribution in [3.63, 3.8) is 0 Å². The van der Waals surface area contributed by atoms with Gasteiger partial charge in [-0.3, -0.25) is 9.69 Å². The number of nitrogens with one attached hydrogen (secondary N) is 1. The summed E-state index contributed by atoms with van der Waals surface area (Å²) in [6.07, 6.45) is 3.80. The Morgan fingerprint density at radius 2 is 2.18 bits per heavy atom. The van der Waals surface area contributed by atoms with Crippen LogP contribution in [0.1, 0.15) is 39.5 Å². The summed E-state index contributed by atoms with van der Waals surface area (Å²) in [5.74, 6) is 0.671. The third kappa shape index (κ3) is 5.50. The molecule has 0 aromatic heterocycles. The van der Waals surface area contributed by atoms with Crippen LogP contribution in [0.15, 0.2) is 0 Å². The predicted octanol–water partition coefficient (Wildman–Crippen LogP) is 0.994. The number of carbonyl (C=O) groups excluding carboxylic acids is 1. The van der Waals surface area contributed by atoms with Crippen molar-refractivity contribution in [1.82, 2.24) is 10.2 Å². The zero-order valence-corrected chi connectivity index (χ0v) is 11.3. The van der Waals surface area contributed by atoms with Crippen molar-refractivity contribution < 1.29 is 9.90 Å². The highest BCUT2D eigenvalue weighted by Crippen LogP contribution is 2.27. The van der Waals surface area contributed by atoms with Gasteiger partial charge in [0.15, 0.2) is 0 Å². The maximum absolute atomic E-state index is 11.7. The van der Waals surface area contributed by atoms with Gasteiger partial charge >= 0.3 is 0 Å². The Bertz CT molecular complexity index is 240. The molecule has 4 nitrogen and oxygen atoms in total. The zero-order valence-electron chi connectivity index (χ0n) is 11.3. The van der Waals surface area contributed by atoms with Crippen LogP contribution in [0.2, 0.25) is 0 Å². The highest BCUT2D eigenvalue weighted by atomic mass is 16.3. The lowest BCUT2D eigenvalue weighted by Gasteiger charge is -2.34. The van der Waals surface area contributed by atoms with Gasteiger partial charge in [-0.05, 0) is 39.2 Å². The summed E-state index contributed by atoms with van der Waals surface area (Å²) < 4.78 is 0. The first-order valence-electron chi connectivity index (χ1n) is 6.67. The Balaban J connectivity index is 2.12. The Morgan fingerprint density at radius 1 is 1.53 bits per heavy atom. The quantitative estimate of drug-likeness (QED) is 0.700. The van der Waals surface area contributed by atoms with E-state index in [2.05, 4.69) is 12.2 Å². The van der Waals surface area contributed by atoms with E-state index in [9.17, 15) is 9.90 Å². The van der Waals surface area contributed by atoms with E-state index in [0.717, 1.165) is 32.2 Å². The molecule has 2 N–H and O–H groups in total. The molecule has 0 radical (unpaired) electrons. The zero-order chi connectivity index (χ0) is 12.8. The number of carbonyl (C=O) groups is 1. The van der Waals surface area contributed by atoms with Gasteiger partial charge in [0, 0.05) is 12.6 Å². The first-order valence-corrected chi connectivity index (χ1v) is 6.67.